The Morgan fingerprint density at radius 3 is 2.42 bits per heavy atom. The van der Waals surface area contributed by atoms with Gasteiger partial charge in [0.25, 0.3) is 5.91 Å². The van der Waals surface area contributed by atoms with Gasteiger partial charge in [-0.15, -0.1) is 0 Å². The van der Waals surface area contributed by atoms with Crippen molar-refractivity contribution in [3.05, 3.63) is 29.8 Å². The van der Waals surface area contributed by atoms with Gasteiger partial charge >= 0.3 is 0 Å². The molecule has 0 bridgehead atoms. The van der Waals surface area contributed by atoms with E-state index in [0.29, 0.717) is 5.17 Å². The summed E-state index contributed by atoms with van der Waals surface area (Å²) in [6.45, 7) is 7.50. The highest BCUT2D eigenvalue weighted by atomic mass is 32.2. The molecule has 0 saturated carbocycles. The maximum absolute atomic E-state index is 12.4. The number of rotatable bonds is 1. The van der Waals surface area contributed by atoms with Gasteiger partial charge in [-0.05, 0) is 19.1 Å². The molecule has 7 heteroatoms. The van der Waals surface area contributed by atoms with Crippen LogP contribution in [0.5, 0.6) is 0 Å². The second-order valence-electron chi connectivity index (χ2n) is 7.46. The van der Waals surface area contributed by atoms with E-state index in [1.54, 1.807) is 0 Å². The molecule has 0 radical (unpaired) electrons. The molecule has 0 N–H and O–H groups in total. The molecule has 2 heterocycles. The molecule has 1 amide bonds. The zero-order valence-electron chi connectivity index (χ0n) is 14.3. The Hall–Kier alpha value is -1.34. The van der Waals surface area contributed by atoms with Gasteiger partial charge in [-0.25, -0.2) is 8.42 Å². The molecule has 0 spiro atoms. The third-order valence-corrected chi connectivity index (χ3v) is 7.43. The lowest BCUT2D eigenvalue weighted by Gasteiger charge is -2.25. The first-order valence-corrected chi connectivity index (χ1v) is 10.6. The molecular formula is C17H22N2O3S2. The fraction of sp³-hybridized carbons (Fsp3) is 0.529. The van der Waals surface area contributed by atoms with Crippen molar-refractivity contribution in [3.8, 4) is 0 Å². The van der Waals surface area contributed by atoms with Gasteiger partial charge in [-0.3, -0.25) is 4.79 Å². The number of thioether (sulfide) groups is 1. The van der Waals surface area contributed by atoms with Gasteiger partial charge in [0.05, 0.1) is 17.5 Å². The van der Waals surface area contributed by atoms with Crippen LogP contribution in [0.25, 0.3) is 0 Å². The molecule has 1 aromatic rings. The molecule has 2 saturated heterocycles. The maximum Gasteiger partial charge on any atom is 0.253 e. The van der Waals surface area contributed by atoms with Crippen molar-refractivity contribution in [3.63, 3.8) is 0 Å². The van der Waals surface area contributed by atoms with E-state index in [4.69, 9.17) is 0 Å². The standard InChI is InChI=1S/C17H22N2O3S2/c1-11-5-7-12(8-6-11)19-13-9-24(21,22)10-14(13)23-16(19)18-15(20)17(2,3)4/h5-8,13-14H,9-10H2,1-4H3/t13-,14+/m1/s1. The van der Waals surface area contributed by atoms with Gasteiger partial charge in [-0.1, -0.05) is 50.2 Å². The van der Waals surface area contributed by atoms with Crippen molar-refractivity contribution < 1.29 is 13.2 Å². The van der Waals surface area contributed by atoms with Crippen molar-refractivity contribution in [1.82, 2.24) is 0 Å². The summed E-state index contributed by atoms with van der Waals surface area (Å²) >= 11 is 1.41. The quantitative estimate of drug-likeness (QED) is 0.764. The molecule has 2 aliphatic heterocycles. The number of amides is 1. The summed E-state index contributed by atoms with van der Waals surface area (Å²) in [5.41, 5.74) is 1.46. The Morgan fingerprint density at radius 2 is 1.83 bits per heavy atom. The maximum atomic E-state index is 12.4. The van der Waals surface area contributed by atoms with Gasteiger partial charge in [0.15, 0.2) is 15.0 Å². The van der Waals surface area contributed by atoms with Gasteiger partial charge in [0.2, 0.25) is 0 Å². The van der Waals surface area contributed by atoms with Gasteiger partial charge in [0, 0.05) is 16.4 Å². The normalized spacial score (nSPS) is 27.5. The number of sulfone groups is 1. The molecule has 0 unspecified atom stereocenters. The van der Waals surface area contributed by atoms with Gasteiger partial charge in [0.1, 0.15) is 0 Å². The number of carbonyl (C=O) groups excluding carboxylic acids is 1. The molecule has 0 aromatic heterocycles. The van der Waals surface area contributed by atoms with E-state index in [0.717, 1.165) is 11.3 Å². The Balaban J connectivity index is 2.01. The van der Waals surface area contributed by atoms with E-state index in [9.17, 15) is 13.2 Å². The van der Waals surface area contributed by atoms with Crippen LogP contribution in [0, 0.1) is 12.3 Å². The van der Waals surface area contributed by atoms with Gasteiger partial charge < -0.3 is 4.90 Å². The first-order chi connectivity index (χ1) is 11.1. The molecule has 2 fully saturated rings. The summed E-state index contributed by atoms with van der Waals surface area (Å²) in [4.78, 5) is 18.6. The number of hydrogen-bond donors (Lipinski definition) is 0. The largest absolute Gasteiger partial charge is 0.316 e. The van der Waals surface area contributed by atoms with E-state index in [2.05, 4.69) is 4.99 Å². The second kappa shape index (κ2) is 5.88. The Labute approximate surface area is 147 Å². The van der Waals surface area contributed by atoms with Crippen LogP contribution in [0.3, 0.4) is 0 Å². The predicted octanol–water partition coefficient (Wildman–Crippen LogP) is 2.64. The zero-order valence-corrected chi connectivity index (χ0v) is 15.9. The topological polar surface area (TPSA) is 66.8 Å². The fourth-order valence-electron chi connectivity index (χ4n) is 2.83. The number of fused-ring (bicyclic) bond motifs is 1. The first kappa shape index (κ1) is 17.5. The summed E-state index contributed by atoms with van der Waals surface area (Å²) in [5, 5.41) is 0.548. The average molecular weight is 367 g/mol. The molecular weight excluding hydrogens is 344 g/mol. The lowest BCUT2D eigenvalue weighted by Crippen LogP contribution is -2.38. The van der Waals surface area contributed by atoms with Crippen molar-refractivity contribution >= 4 is 38.4 Å². The number of amidine groups is 1. The Bertz CT molecular complexity index is 792. The Kier molecular flexibility index (Phi) is 4.28. The highest BCUT2D eigenvalue weighted by Crippen LogP contribution is 2.41. The SMILES string of the molecule is Cc1ccc(N2C(=NC(=O)C(C)(C)C)S[C@H]3CS(=O)(=O)C[C@H]32)cc1. The highest BCUT2D eigenvalue weighted by molar-refractivity contribution is 8.16. The van der Waals surface area contributed by atoms with Crippen molar-refractivity contribution in [2.24, 2.45) is 10.4 Å². The minimum atomic E-state index is -3.04. The second-order valence-corrected chi connectivity index (χ2v) is 10.8. The zero-order chi connectivity index (χ0) is 17.7. The van der Waals surface area contributed by atoms with Crippen molar-refractivity contribution in [1.29, 1.82) is 0 Å². The summed E-state index contributed by atoms with van der Waals surface area (Å²) in [5.74, 6) is 0.0688. The minimum absolute atomic E-state index is 0.0668. The lowest BCUT2D eigenvalue weighted by atomic mass is 9.96. The number of benzene rings is 1. The van der Waals surface area contributed by atoms with E-state index in [-0.39, 0.29) is 28.7 Å². The molecule has 1 aromatic carbocycles. The number of aryl methyl sites for hydroxylation is 1. The average Bonchev–Trinajstić information content (AvgIpc) is 2.90. The monoisotopic (exact) mass is 366 g/mol. The van der Waals surface area contributed by atoms with Crippen LogP contribution >= 0.6 is 11.8 Å². The van der Waals surface area contributed by atoms with Crippen LogP contribution in [-0.2, 0) is 14.6 Å². The minimum Gasteiger partial charge on any atom is -0.316 e. The highest BCUT2D eigenvalue weighted by Gasteiger charge is 2.49. The first-order valence-electron chi connectivity index (χ1n) is 7.93. The fourth-order valence-corrected chi connectivity index (χ4v) is 6.74. The summed E-state index contributed by atoms with van der Waals surface area (Å²) < 4.78 is 24.0. The van der Waals surface area contributed by atoms with E-state index in [1.165, 1.54) is 11.8 Å². The predicted molar refractivity (Wildman–Crippen MR) is 99.4 cm³/mol. The number of anilines is 1. The smallest absolute Gasteiger partial charge is 0.253 e. The summed E-state index contributed by atoms with van der Waals surface area (Å²) in [6.07, 6.45) is 0. The summed E-state index contributed by atoms with van der Waals surface area (Å²) in [6, 6.07) is 7.73. The van der Waals surface area contributed by atoms with Crippen LogP contribution in [0.15, 0.2) is 29.3 Å². The molecule has 0 aliphatic carbocycles. The Morgan fingerprint density at radius 1 is 1.21 bits per heavy atom. The molecule has 130 valence electrons. The molecule has 2 atom stereocenters. The third-order valence-electron chi connectivity index (χ3n) is 4.22. The number of hydrogen-bond acceptors (Lipinski definition) is 4. The van der Waals surface area contributed by atoms with Crippen molar-refractivity contribution in [2.75, 3.05) is 16.4 Å². The van der Waals surface area contributed by atoms with Crippen LogP contribution < -0.4 is 4.90 Å². The molecule has 5 nitrogen and oxygen atoms in total. The van der Waals surface area contributed by atoms with E-state index < -0.39 is 15.3 Å². The van der Waals surface area contributed by atoms with Crippen LogP contribution in [0.2, 0.25) is 0 Å². The number of carbonyl (C=O) groups is 1. The van der Waals surface area contributed by atoms with E-state index in [1.807, 2.05) is 56.9 Å². The molecule has 24 heavy (non-hydrogen) atoms. The van der Waals surface area contributed by atoms with Crippen LogP contribution in [0.4, 0.5) is 5.69 Å². The molecule has 2 aliphatic rings. The van der Waals surface area contributed by atoms with Crippen molar-refractivity contribution in [2.45, 2.75) is 39.0 Å². The molecule has 3 rings (SSSR count). The van der Waals surface area contributed by atoms with E-state index >= 15 is 0 Å². The number of nitrogens with zero attached hydrogens (tertiary/aromatic N) is 2. The van der Waals surface area contributed by atoms with Crippen LogP contribution in [-0.4, -0.2) is 42.3 Å². The van der Waals surface area contributed by atoms with Gasteiger partial charge in [-0.2, -0.15) is 4.99 Å². The van der Waals surface area contributed by atoms with Crippen LogP contribution in [0.1, 0.15) is 26.3 Å². The third kappa shape index (κ3) is 3.37. The number of aliphatic imine (C=N–C) groups is 1. The summed E-state index contributed by atoms with van der Waals surface area (Å²) in [7, 11) is -3.04. The lowest BCUT2D eigenvalue weighted by molar-refractivity contribution is -0.124.